The van der Waals surface area contributed by atoms with Crippen LogP contribution in [-0.4, -0.2) is 5.11 Å². The van der Waals surface area contributed by atoms with Crippen molar-refractivity contribution in [1.82, 2.24) is 0 Å². The van der Waals surface area contributed by atoms with Gasteiger partial charge in [0.2, 0.25) is 0 Å². The van der Waals surface area contributed by atoms with Crippen molar-refractivity contribution in [1.29, 1.82) is 0 Å². The van der Waals surface area contributed by atoms with Crippen LogP contribution >= 0.6 is 11.6 Å². The number of halogens is 1. The Balaban J connectivity index is 1.75. The molecular weight excluding hydrogens is 284 g/mol. The Labute approximate surface area is 129 Å². The molecular formula is C18H17ClO2. The molecule has 1 unspecified atom stereocenters. The van der Waals surface area contributed by atoms with Crippen LogP contribution in [0, 0.1) is 6.92 Å². The monoisotopic (exact) mass is 300 g/mol. The third-order valence-corrected chi connectivity index (χ3v) is 4.01. The van der Waals surface area contributed by atoms with Gasteiger partial charge < -0.3 is 9.52 Å². The summed E-state index contributed by atoms with van der Waals surface area (Å²) in [5.41, 5.74) is 3.26. The average Bonchev–Trinajstić information content (AvgIpc) is 2.89. The van der Waals surface area contributed by atoms with E-state index in [4.69, 9.17) is 16.0 Å². The van der Waals surface area contributed by atoms with Crippen molar-refractivity contribution < 1.29 is 9.52 Å². The molecule has 1 aromatic heterocycles. The number of aliphatic hydroxyl groups excluding tert-OH is 1. The van der Waals surface area contributed by atoms with Gasteiger partial charge in [-0.1, -0.05) is 35.9 Å². The number of aliphatic hydroxyl groups is 1. The summed E-state index contributed by atoms with van der Waals surface area (Å²) in [5.74, 6) is 0.598. The third kappa shape index (κ3) is 3.12. The Morgan fingerprint density at radius 1 is 1.14 bits per heavy atom. The van der Waals surface area contributed by atoms with Crippen LogP contribution < -0.4 is 0 Å². The van der Waals surface area contributed by atoms with Gasteiger partial charge in [0.1, 0.15) is 17.4 Å². The van der Waals surface area contributed by atoms with Crippen molar-refractivity contribution in [3.63, 3.8) is 0 Å². The lowest BCUT2D eigenvalue weighted by molar-refractivity contribution is 0.143. The number of aryl methyl sites for hydroxylation is 2. The van der Waals surface area contributed by atoms with Crippen LogP contribution in [0.15, 0.2) is 52.9 Å². The summed E-state index contributed by atoms with van der Waals surface area (Å²) in [6.45, 7) is 2.09. The average molecular weight is 301 g/mol. The van der Waals surface area contributed by atoms with Gasteiger partial charge in [-0.05, 0) is 55.2 Å². The van der Waals surface area contributed by atoms with Gasteiger partial charge >= 0.3 is 0 Å². The van der Waals surface area contributed by atoms with E-state index in [2.05, 4.69) is 19.1 Å². The van der Waals surface area contributed by atoms with Gasteiger partial charge in [0, 0.05) is 10.4 Å². The zero-order chi connectivity index (χ0) is 14.8. The van der Waals surface area contributed by atoms with Gasteiger partial charge in [0.05, 0.1) is 0 Å². The molecule has 2 nitrogen and oxygen atoms in total. The molecule has 2 aromatic carbocycles. The highest BCUT2D eigenvalue weighted by molar-refractivity contribution is 6.31. The molecule has 3 rings (SSSR count). The number of furan rings is 1. The maximum atomic E-state index is 10.3. The predicted molar refractivity (Wildman–Crippen MR) is 85.7 cm³/mol. The van der Waals surface area contributed by atoms with Crippen molar-refractivity contribution in [2.45, 2.75) is 25.9 Å². The first-order valence-electron chi connectivity index (χ1n) is 7.05. The number of fused-ring (bicyclic) bond motifs is 1. The van der Waals surface area contributed by atoms with E-state index in [1.54, 1.807) is 6.07 Å². The van der Waals surface area contributed by atoms with Crippen LogP contribution in [0.3, 0.4) is 0 Å². The van der Waals surface area contributed by atoms with Crippen molar-refractivity contribution in [2.75, 3.05) is 0 Å². The molecule has 0 saturated carbocycles. The SMILES string of the molecule is Cc1ccccc1CCC(O)c1cc2cc(Cl)ccc2o1. The first-order valence-corrected chi connectivity index (χ1v) is 7.43. The van der Waals surface area contributed by atoms with Crippen LogP contribution in [0.2, 0.25) is 5.02 Å². The highest BCUT2D eigenvalue weighted by atomic mass is 35.5. The van der Waals surface area contributed by atoms with Gasteiger partial charge in [-0.3, -0.25) is 0 Å². The summed E-state index contributed by atoms with van der Waals surface area (Å²) in [4.78, 5) is 0. The first-order chi connectivity index (χ1) is 10.1. The molecule has 1 atom stereocenters. The Kier molecular flexibility index (Phi) is 4.00. The molecule has 0 bridgehead atoms. The molecule has 21 heavy (non-hydrogen) atoms. The largest absolute Gasteiger partial charge is 0.458 e. The topological polar surface area (TPSA) is 33.4 Å². The van der Waals surface area contributed by atoms with Gasteiger partial charge in [-0.15, -0.1) is 0 Å². The fourth-order valence-electron chi connectivity index (χ4n) is 2.52. The van der Waals surface area contributed by atoms with Crippen LogP contribution in [0.25, 0.3) is 11.0 Å². The third-order valence-electron chi connectivity index (χ3n) is 3.77. The Morgan fingerprint density at radius 3 is 2.76 bits per heavy atom. The minimum absolute atomic E-state index is 0.598. The summed E-state index contributed by atoms with van der Waals surface area (Å²) >= 11 is 5.96. The minimum atomic E-state index is -0.601. The molecule has 0 spiro atoms. The van der Waals surface area contributed by atoms with Gasteiger partial charge in [0.25, 0.3) is 0 Å². The van der Waals surface area contributed by atoms with Gasteiger partial charge in [-0.2, -0.15) is 0 Å². The molecule has 0 radical (unpaired) electrons. The lowest BCUT2D eigenvalue weighted by Gasteiger charge is -2.09. The fourth-order valence-corrected chi connectivity index (χ4v) is 2.70. The maximum Gasteiger partial charge on any atom is 0.134 e. The van der Waals surface area contributed by atoms with Crippen LogP contribution in [-0.2, 0) is 6.42 Å². The molecule has 1 N–H and O–H groups in total. The van der Waals surface area contributed by atoms with E-state index in [0.717, 1.165) is 17.4 Å². The van der Waals surface area contributed by atoms with Crippen LogP contribution in [0.5, 0.6) is 0 Å². The van der Waals surface area contributed by atoms with Crippen molar-refractivity contribution in [3.05, 3.63) is 70.4 Å². The fraction of sp³-hybridized carbons (Fsp3) is 0.222. The molecule has 108 valence electrons. The van der Waals surface area contributed by atoms with Gasteiger partial charge in [-0.25, -0.2) is 0 Å². The molecule has 3 heteroatoms. The second-order valence-corrected chi connectivity index (χ2v) is 5.75. The lowest BCUT2D eigenvalue weighted by Crippen LogP contribution is -1.99. The number of hydrogen-bond donors (Lipinski definition) is 1. The second-order valence-electron chi connectivity index (χ2n) is 5.31. The Bertz CT molecular complexity index is 761. The number of benzene rings is 2. The van der Waals surface area contributed by atoms with Crippen LogP contribution in [0.1, 0.15) is 29.4 Å². The molecule has 0 saturated heterocycles. The Hall–Kier alpha value is -1.77. The van der Waals surface area contributed by atoms with E-state index >= 15 is 0 Å². The summed E-state index contributed by atoms with van der Waals surface area (Å²) in [6.07, 6.45) is 0.861. The summed E-state index contributed by atoms with van der Waals surface area (Å²) in [5, 5.41) is 11.9. The van der Waals surface area contributed by atoms with Crippen molar-refractivity contribution in [2.24, 2.45) is 0 Å². The number of rotatable bonds is 4. The smallest absolute Gasteiger partial charge is 0.134 e. The maximum absolute atomic E-state index is 10.3. The molecule has 0 fully saturated rings. The van der Waals surface area contributed by atoms with Crippen LogP contribution in [0.4, 0.5) is 0 Å². The zero-order valence-electron chi connectivity index (χ0n) is 11.8. The lowest BCUT2D eigenvalue weighted by atomic mass is 10.0. The number of hydrogen-bond acceptors (Lipinski definition) is 2. The van der Waals surface area contributed by atoms with Gasteiger partial charge in [0.15, 0.2) is 0 Å². The molecule has 0 aliphatic rings. The van der Waals surface area contributed by atoms with E-state index in [1.165, 1.54) is 11.1 Å². The highest BCUT2D eigenvalue weighted by Gasteiger charge is 2.14. The normalized spacial score (nSPS) is 12.7. The molecule has 1 heterocycles. The van der Waals surface area contributed by atoms with E-state index in [0.29, 0.717) is 17.2 Å². The highest BCUT2D eigenvalue weighted by Crippen LogP contribution is 2.28. The minimum Gasteiger partial charge on any atom is -0.458 e. The predicted octanol–water partition coefficient (Wildman–Crippen LogP) is 5.06. The van der Waals surface area contributed by atoms with E-state index in [-0.39, 0.29) is 0 Å². The van der Waals surface area contributed by atoms with E-state index < -0.39 is 6.10 Å². The standard InChI is InChI=1S/C18H17ClO2/c1-12-4-2-3-5-13(12)6-8-16(20)18-11-14-10-15(19)7-9-17(14)21-18/h2-5,7,9-11,16,20H,6,8H2,1H3. The first kappa shape index (κ1) is 14.2. The summed E-state index contributed by atoms with van der Waals surface area (Å²) in [7, 11) is 0. The summed E-state index contributed by atoms with van der Waals surface area (Å²) < 4.78 is 5.69. The van der Waals surface area contributed by atoms with Crippen molar-refractivity contribution >= 4 is 22.6 Å². The Morgan fingerprint density at radius 2 is 1.95 bits per heavy atom. The molecule has 0 aliphatic heterocycles. The zero-order valence-corrected chi connectivity index (χ0v) is 12.6. The molecule has 0 aliphatic carbocycles. The summed E-state index contributed by atoms with van der Waals surface area (Å²) in [6, 6.07) is 15.6. The van der Waals surface area contributed by atoms with E-state index in [9.17, 15) is 5.11 Å². The quantitative estimate of drug-likeness (QED) is 0.730. The van der Waals surface area contributed by atoms with E-state index in [1.807, 2.05) is 30.3 Å². The second kappa shape index (κ2) is 5.92. The molecule has 0 amide bonds. The molecule has 3 aromatic rings. The van der Waals surface area contributed by atoms with Crippen molar-refractivity contribution in [3.8, 4) is 0 Å².